The number of rotatable bonds is 5. The van der Waals surface area contributed by atoms with Crippen LogP contribution in [-0.4, -0.2) is 36.3 Å². The topological polar surface area (TPSA) is 126 Å². The number of hydrogen-bond donors (Lipinski definition) is 1. The normalized spacial score (nSPS) is 10.8. The van der Waals surface area contributed by atoms with Gasteiger partial charge in [-0.1, -0.05) is 30.3 Å². The lowest BCUT2D eigenvalue weighted by molar-refractivity contribution is 0.100. The van der Waals surface area contributed by atoms with Crippen LogP contribution >= 0.6 is 0 Å². The molecule has 0 bridgehead atoms. The Morgan fingerprint density at radius 2 is 1.73 bits per heavy atom. The summed E-state index contributed by atoms with van der Waals surface area (Å²) in [6.45, 7) is 0.201. The number of tetrazole rings is 1. The molecule has 0 spiro atoms. The summed E-state index contributed by atoms with van der Waals surface area (Å²) in [5, 5.41) is 20.3. The van der Waals surface area contributed by atoms with Crippen LogP contribution in [0.25, 0.3) is 22.8 Å². The van der Waals surface area contributed by atoms with Gasteiger partial charge in [0.15, 0.2) is 0 Å². The van der Waals surface area contributed by atoms with Crippen molar-refractivity contribution in [3.8, 4) is 22.8 Å². The van der Waals surface area contributed by atoms with Crippen molar-refractivity contribution >= 4 is 5.91 Å². The highest BCUT2D eigenvalue weighted by Gasteiger charge is 2.12. The third-order valence-corrected chi connectivity index (χ3v) is 3.64. The number of nitrogens with two attached hydrogens (primary N) is 1. The van der Waals surface area contributed by atoms with Crippen LogP contribution in [-0.2, 0) is 6.54 Å². The van der Waals surface area contributed by atoms with Crippen LogP contribution in [0.15, 0.2) is 59.0 Å². The first kappa shape index (κ1) is 15.6. The first-order valence-electron chi connectivity index (χ1n) is 7.75. The van der Waals surface area contributed by atoms with Gasteiger partial charge in [-0.05, 0) is 29.5 Å². The molecule has 4 rings (SSSR count). The second-order valence-corrected chi connectivity index (χ2v) is 5.45. The average molecular weight is 347 g/mol. The fourth-order valence-corrected chi connectivity index (χ4v) is 2.35. The van der Waals surface area contributed by atoms with E-state index < -0.39 is 5.91 Å². The van der Waals surface area contributed by atoms with Gasteiger partial charge in [0.1, 0.15) is 6.54 Å². The van der Waals surface area contributed by atoms with Gasteiger partial charge >= 0.3 is 0 Å². The predicted molar refractivity (Wildman–Crippen MR) is 90.6 cm³/mol. The maximum absolute atomic E-state index is 11.1. The Hall–Kier alpha value is -3.88. The van der Waals surface area contributed by atoms with Gasteiger partial charge in [-0.25, -0.2) is 0 Å². The van der Waals surface area contributed by atoms with Crippen LogP contribution in [0.1, 0.15) is 16.2 Å². The number of carbonyl (C=O) groups is 1. The van der Waals surface area contributed by atoms with Crippen LogP contribution in [0.2, 0.25) is 0 Å². The summed E-state index contributed by atoms with van der Waals surface area (Å²) in [5.41, 5.74) is 7.20. The lowest BCUT2D eigenvalue weighted by atomic mass is 10.1. The van der Waals surface area contributed by atoms with Gasteiger partial charge < -0.3 is 10.2 Å². The molecule has 0 atom stereocenters. The van der Waals surface area contributed by atoms with E-state index in [1.807, 2.05) is 30.3 Å². The Morgan fingerprint density at radius 3 is 2.46 bits per heavy atom. The first-order chi connectivity index (χ1) is 12.7. The van der Waals surface area contributed by atoms with Gasteiger partial charge in [-0.15, -0.1) is 20.4 Å². The van der Waals surface area contributed by atoms with Crippen molar-refractivity contribution < 1.29 is 9.21 Å². The van der Waals surface area contributed by atoms with Crippen molar-refractivity contribution in [3.05, 3.63) is 66.1 Å². The van der Waals surface area contributed by atoms with Gasteiger partial charge in [-0.3, -0.25) is 4.79 Å². The zero-order chi connectivity index (χ0) is 17.9. The van der Waals surface area contributed by atoms with Crippen molar-refractivity contribution in [3.63, 3.8) is 0 Å². The fourth-order valence-electron chi connectivity index (χ4n) is 2.35. The molecule has 0 fully saturated rings. The molecule has 2 N–H and O–H groups in total. The molecule has 0 radical (unpaired) electrons. The van der Waals surface area contributed by atoms with Gasteiger partial charge in [0.25, 0.3) is 0 Å². The Kier molecular flexibility index (Phi) is 3.94. The Bertz CT molecular complexity index is 1040. The molecule has 9 nitrogen and oxygen atoms in total. The van der Waals surface area contributed by atoms with Crippen molar-refractivity contribution in [1.29, 1.82) is 0 Å². The van der Waals surface area contributed by atoms with E-state index in [1.54, 1.807) is 24.3 Å². The second-order valence-electron chi connectivity index (χ2n) is 5.45. The number of primary amides is 1. The van der Waals surface area contributed by atoms with Gasteiger partial charge in [-0.2, -0.15) is 4.80 Å². The number of amides is 1. The molecule has 1 amide bonds. The van der Waals surface area contributed by atoms with Crippen molar-refractivity contribution in [2.24, 2.45) is 5.73 Å². The van der Waals surface area contributed by atoms with Crippen LogP contribution in [0.3, 0.4) is 0 Å². The van der Waals surface area contributed by atoms with Crippen LogP contribution in [0.4, 0.5) is 0 Å². The second kappa shape index (κ2) is 6.55. The summed E-state index contributed by atoms with van der Waals surface area (Å²) in [6, 6.07) is 16.1. The lowest BCUT2D eigenvalue weighted by Gasteiger charge is -1.97. The SMILES string of the molecule is NC(=O)c1ccc(-c2nnn(Cc3nnc(-c4ccccc4)o3)n2)cc1. The van der Waals surface area contributed by atoms with E-state index >= 15 is 0 Å². The molecule has 0 saturated heterocycles. The minimum absolute atomic E-state index is 0.201. The van der Waals surface area contributed by atoms with Crippen molar-refractivity contribution in [2.45, 2.75) is 6.54 Å². The molecular formula is C17H13N7O2. The first-order valence-corrected chi connectivity index (χ1v) is 7.75. The zero-order valence-corrected chi connectivity index (χ0v) is 13.5. The van der Waals surface area contributed by atoms with E-state index in [0.29, 0.717) is 23.2 Å². The predicted octanol–water partition coefficient (Wildman–Crippen LogP) is 1.54. The van der Waals surface area contributed by atoms with E-state index in [1.165, 1.54) is 4.80 Å². The molecule has 0 aliphatic carbocycles. The Balaban J connectivity index is 1.50. The van der Waals surface area contributed by atoms with E-state index in [0.717, 1.165) is 11.1 Å². The highest BCUT2D eigenvalue weighted by atomic mass is 16.4. The molecule has 2 aromatic carbocycles. The standard InChI is InChI=1S/C17H13N7O2/c18-15(25)11-6-8-12(9-7-11)16-20-23-24(22-16)10-14-19-21-17(26-14)13-4-2-1-3-5-13/h1-9H,10H2,(H2,18,25). The molecule has 0 aliphatic heterocycles. The molecule has 0 aliphatic rings. The van der Waals surface area contributed by atoms with Crippen LogP contribution < -0.4 is 5.73 Å². The largest absolute Gasteiger partial charge is 0.419 e. The molecule has 2 heterocycles. The minimum Gasteiger partial charge on any atom is -0.419 e. The van der Waals surface area contributed by atoms with Gasteiger partial charge in [0.05, 0.1) is 0 Å². The molecule has 0 unspecified atom stereocenters. The number of benzene rings is 2. The third-order valence-electron chi connectivity index (χ3n) is 3.64. The van der Waals surface area contributed by atoms with Gasteiger partial charge in [0.2, 0.25) is 23.5 Å². The number of hydrogen-bond acceptors (Lipinski definition) is 7. The van der Waals surface area contributed by atoms with Crippen molar-refractivity contribution in [1.82, 2.24) is 30.4 Å². The van der Waals surface area contributed by atoms with Crippen LogP contribution in [0, 0.1) is 0 Å². The summed E-state index contributed by atoms with van der Waals surface area (Å²) < 4.78 is 5.63. The number of aromatic nitrogens is 6. The maximum Gasteiger partial charge on any atom is 0.248 e. The lowest BCUT2D eigenvalue weighted by Crippen LogP contribution is -2.10. The highest BCUT2D eigenvalue weighted by molar-refractivity contribution is 5.93. The molecule has 2 aromatic heterocycles. The number of carbonyl (C=O) groups excluding carboxylic acids is 1. The summed E-state index contributed by atoms with van der Waals surface area (Å²) in [5.74, 6) is 0.738. The van der Waals surface area contributed by atoms with E-state index in [4.69, 9.17) is 10.2 Å². The summed E-state index contributed by atoms with van der Waals surface area (Å²) >= 11 is 0. The number of nitrogens with zero attached hydrogens (tertiary/aromatic N) is 6. The van der Waals surface area contributed by atoms with E-state index in [9.17, 15) is 4.79 Å². The van der Waals surface area contributed by atoms with Crippen molar-refractivity contribution in [2.75, 3.05) is 0 Å². The molecule has 9 heteroatoms. The van der Waals surface area contributed by atoms with Crippen LogP contribution in [0.5, 0.6) is 0 Å². The molecule has 26 heavy (non-hydrogen) atoms. The quantitative estimate of drug-likeness (QED) is 0.580. The molecular weight excluding hydrogens is 334 g/mol. The molecule has 4 aromatic rings. The Labute approximate surface area is 147 Å². The van der Waals surface area contributed by atoms with Gasteiger partial charge in [0, 0.05) is 16.7 Å². The average Bonchev–Trinajstić information content (AvgIpc) is 3.33. The summed E-state index contributed by atoms with van der Waals surface area (Å²) in [6.07, 6.45) is 0. The Morgan fingerprint density at radius 1 is 0.962 bits per heavy atom. The van der Waals surface area contributed by atoms with E-state index in [2.05, 4.69) is 25.6 Å². The fraction of sp³-hybridized carbons (Fsp3) is 0.0588. The maximum atomic E-state index is 11.1. The third kappa shape index (κ3) is 3.18. The smallest absolute Gasteiger partial charge is 0.248 e. The molecule has 0 saturated carbocycles. The minimum atomic E-state index is -0.487. The summed E-state index contributed by atoms with van der Waals surface area (Å²) in [7, 11) is 0. The van der Waals surface area contributed by atoms with E-state index in [-0.39, 0.29) is 6.54 Å². The summed E-state index contributed by atoms with van der Waals surface area (Å²) in [4.78, 5) is 12.5. The monoisotopic (exact) mass is 347 g/mol. The highest BCUT2D eigenvalue weighted by Crippen LogP contribution is 2.18. The zero-order valence-electron chi connectivity index (χ0n) is 13.5. The molecule has 128 valence electrons.